The highest BCUT2D eigenvalue weighted by atomic mass is 14.6. The van der Waals surface area contributed by atoms with E-state index in [-0.39, 0.29) is 6.04 Å². The van der Waals surface area contributed by atoms with Gasteiger partial charge in [0.15, 0.2) is 0 Å². The van der Waals surface area contributed by atoms with Crippen LogP contribution in [-0.4, -0.2) is 0 Å². The van der Waals surface area contributed by atoms with Gasteiger partial charge in [0.05, 0.1) is 0 Å². The number of hydrogen-bond acceptors (Lipinski definition) is 1. The van der Waals surface area contributed by atoms with Gasteiger partial charge in [-0.2, -0.15) is 0 Å². The van der Waals surface area contributed by atoms with E-state index in [1.165, 1.54) is 36.8 Å². The summed E-state index contributed by atoms with van der Waals surface area (Å²) in [6.07, 6.45) is 6.46. The van der Waals surface area contributed by atoms with E-state index in [9.17, 15) is 0 Å². The third kappa shape index (κ3) is 2.60. The molecule has 1 saturated carbocycles. The molecule has 1 heteroatoms. The highest BCUT2D eigenvalue weighted by Gasteiger charge is 2.20. The van der Waals surface area contributed by atoms with Crippen molar-refractivity contribution >= 4 is 0 Å². The normalized spacial score (nSPS) is 18.5. The summed E-state index contributed by atoms with van der Waals surface area (Å²) in [5.74, 6) is 0.894. The van der Waals surface area contributed by atoms with E-state index in [4.69, 9.17) is 5.73 Å². The highest BCUT2D eigenvalue weighted by molar-refractivity contribution is 5.25. The summed E-state index contributed by atoms with van der Waals surface area (Å²) in [6, 6.07) is 9.00. The average molecular weight is 203 g/mol. The van der Waals surface area contributed by atoms with Gasteiger partial charge in [0.25, 0.3) is 0 Å². The van der Waals surface area contributed by atoms with Crippen LogP contribution in [0.5, 0.6) is 0 Å². The maximum Gasteiger partial charge on any atom is 0.0297 e. The topological polar surface area (TPSA) is 26.0 Å². The number of benzene rings is 1. The molecule has 1 unspecified atom stereocenters. The van der Waals surface area contributed by atoms with Crippen LogP contribution in [0.3, 0.4) is 0 Å². The van der Waals surface area contributed by atoms with Crippen molar-refractivity contribution in [3.05, 3.63) is 35.4 Å². The maximum absolute atomic E-state index is 6.23. The molecule has 15 heavy (non-hydrogen) atoms. The lowest BCUT2D eigenvalue weighted by molar-refractivity contribution is 0.277. The maximum atomic E-state index is 6.23. The molecule has 1 aromatic carbocycles. The first-order valence-electron chi connectivity index (χ1n) is 6.14. The van der Waals surface area contributed by atoms with Crippen molar-refractivity contribution in [2.24, 2.45) is 11.7 Å². The molecule has 1 atom stereocenters. The molecule has 1 aliphatic carbocycles. The van der Waals surface area contributed by atoms with E-state index < -0.39 is 0 Å². The van der Waals surface area contributed by atoms with E-state index in [1.807, 2.05) is 0 Å². The molecule has 2 rings (SSSR count). The van der Waals surface area contributed by atoms with E-state index in [1.54, 1.807) is 0 Å². The number of nitrogens with two attached hydrogens (primary N) is 1. The zero-order valence-electron chi connectivity index (χ0n) is 9.58. The highest BCUT2D eigenvalue weighted by Crippen LogP contribution is 2.33. The fraction of sp³-hybridized carbons (Fsp3) is 0.571. The van der Waals surface area contributed by atoms with Crippen LogP contribution >= 0.6 is 0 Å². The van der Waals surface area contributed by atoms with Crippen molar-refractivity contribution in [2.75, 3.05) is 0 Å². The molecule has 0 aliphatic heterocycles. The van der Waals surface area contributed by atoms with Gasteiger partial charge in [0.2, 0.25) is 0 Å². The summed E-state index contributed by atoms with van der Waals surface area (Å²) in [6.45, 7) is 2.19. The SMILES string of the molecule is CCc1cccc(C(N)CC2CCC2)c1. The van der Waals surface area contributed by atoms with E-state index in [0.29, 0.717) is 0 Å². The Labute approximate surface area is 92.7 Å². The first-order chi connectivity index (χ1) is 7.29. The largest absolute Gasteiger partial charge is 0.324 e. The lowest BCUT2D eigenvalue weighted by Gasteiger charge is -2.28. The molecule has 82 valence electrons. The van der Waals surface area contributed by atoms with Gasteiger partial charge in [-0.25, -0.2) is 0 Å². The van der Waals surface area contributed by atoms with Gasteiger partial charge in [-0.1, -0.05) is 50.5 Å². The van der Waals surface area contributed by atoms with Gasteiger partial charge in [0, 0.05) is 6.04 Å². The average Bonchev–Trinajstić information content (AvgIpc) is 2.23. The molecule has 1 fully saturated rings. The van der Waals surface area contributed by atoms with Crippen LogP contribution in [0.15, 0.2) is 24.3 Å². The van der Waals surface area contributed by atoms with Gasteiger partial charge in [0.1, 0.15) is 0 Å². The molecular weight excluding hydrogens is 182 g/mol. The van der Waals surface area contributed by atoms with Crippen LogP contribution in [0.2, 0.25) is 0 Å². The van der Waals surface area contributed by atoms with E-state index in [0.717, 1.165) is 12.3 Å². The van der Waals surface area contributed by atoms with Gasteiger partial charge in [-0.15, -0.1) is 0 Å². The summed E-state index contributed by atoms with van der Waals surface area (Å²) in [5, 5.41) is 0. The van der Waals surface area contributed by atoms with Crippen molar-refractivity contribution in [3.63, 3.8) is 0 Å². The molecule has 0 heterocycles. The van der Waals surface area contributed by atoms with Crippen LogP contribution in [0, 0.1) is 5.92 Å². The molecule has 0 bridgehead atoms. The second-order valence-electron chi connectivity index (χ2n) is 4.74. The third-order valence-electron chi connectivity index (χ3n) is 3.60. The molecule has 0 aromatic heterocycles. The summed E-state index contributed by atoms with van der Waals surface area (Å²) in [5.41, 5.74) is 8.95. The van der Waals surface area contributed by atoms with Crippen LogP contribution < -0.4 is 5.73 Å². The molecule has 1 nitrogen and oxygen atoms in total. The molecule has 1 aromatic rings. The zero-order chi connectivity index (χ0) is 10.7. The first kappa shape index (κ1) is 10.7. The second kappa shape index (κ2) is 4.80. The molecule has 0 saturated heterocycles. The quantitative estimate of drug-likeness (QED) is 0.797. The van der Waals surface area contributed by atoms with Crippen molar-refractivity contribution in [1.29, 1.82) is 0 Å². The molecular formula is C14H21N. The fourth-order valence-electron chi connectivity index (χ4n) is 2.27. The van der Waals surface area contributed by atoms with Crippen LogP contribution in [0.1, 0.15) is 49.8 Å². The molecule has 0 amide bonds. The number of aryl methyl sites for hydroxylation is 1. The zero-order valence-corrected chi connectivity index (χ0v) is 9.58. The van der Waals surface area contributed by atoms with E-state index in [2.05, 4.69) is 31.2 Å². The van der Waals surface area contributed by atoms with Crippen LogP contribution in [0.4, 0.5) is 0 Å². The molecule has 0 spiro atoms. The van der Waals surface area contributed by atoms with Crippen molar-refractivity contribution in [2.45, 2.75) is 45.1 Å². The minimum atomic E-state index is 0.252. The molecule has 0 radical (unpaired) electrons. The minimum absolute atomic E-state index is 0.252. The Morgan fingerprint density at radius 1 is 1.40 bits per heavy atom. The summed E-state index contributed by atoms with van der Waals surface area (Å²) in [4.78, 5) is 0. The Morgan fingerprint density at radius 3 is 2.80 bits per heavy atom. The summed E-state index contributed by atoms with van der Waals surface area (Å²) >= 11 is 0. The lowest BCUT2D eigenvalue weighted by Crippen LogP contribution is -2.20. The standard InChI is InChI=1S/C14H21N/c1-2-11-5-4-8-13(9-11)14(15)10-12-6-3-7-12/h4-5,8-9,12,14H,2-3,6-7,10,15H2,1H3. The predicted molar refractivity (Wildman–Crippen MR) is 64.7 cm³/mol. The van der Waals surface area contributed by atoms with Gasteiger partial charge < -0.3 is 5.73 Å². The second-order valence-corrected chi connectivity index (χ2v) is 4.74. The van der Waals surface area contributed by atoms with Crippen molar-refractivity contribution in [3.8, 4) is 0 Å². The predicted octanol–water partition coefficient (Wildman–Crippen LogP) is 3.44. The Balaban J connectivity index is 1.99. The van der Waals surface area contributed by atoms with Crippen LogP contribution in [0.25, 0.3) is 0 Å². The Hall–Kier alpha value is -0.820. The molecule has 2 N–H and O–H groups in total. The Kier molecular flexibility index (Phi) is 3.42. The number of hydrogen-bond donors (Lipinski definition) is 1. The Bertz CT molecular complexity index is 315. The first-order valence-corrected chi connectivity index (χ1v) is 6.14. The third-order valence-corrected chi connectivity index (χ3v) is 3.60. The van der Waals surface area contributed by atoms with Gasteiger partial charge in [-0.3, -0.25) is 0 Å². The Morgan fingerprint density at radius 2 is 2.20 bits per heavy atom. The lowest BCUT2D eigenvalue weighted by atomic mass is 9.80. The number of rotatable bonds is 4. The van der Waals surface area contributed by atoms with Crippen molar-refractivity contribution in [1.82, 2.24) is 0 Å². The molecule has 1 aliphatic rings. The van der Waals surface area contributed by atoms with Crippen LogP contribution in [-0.2, 0) is 6.42 Å². The fourth-order valence-corrected chi connectivity index (χ4v) is 2.27. The summed E-state index contributed by atoms with van der Waals surface area (Å²) < 4.78 is 0. The minimum Gasteiger partial charge on any atom is -0.324 e. The van der Waals surface area contributed by atoms with Gasteiger partial charge >= 0.3 is 0 Å². The van der Waals surface area contributed by atoms with Gasteiger partial charge in [-0.05, 0) is 29.9 Å². The van der Waals surface area contributed by atoms with Crippen molar-refractivity contribution < 1.29 is 0 Å². The smallest absolute Gasteiger partial charge is 0.0297 e. The monoisotopic (exact) mass is 203 g/mol. The summed E-state index contributed by atoms with van der Waals surface area (Å²) in [7, 11) is 0. The van der Waals surface area contributed by atoms with E-state index >= 15 is 0 Å².